The topological polar surface area (TPSA) is 32.5 Å². The molecule has 0 radical (unpaired) electrons. The Morgan fingerprint density at radius 1 is 1.24 bits per heavy atom. The average molecular weight is 289 g/mol. The molecular formula is C18H31N3. The molecule has 21 heavy (non-hydrogen) atoms. The predicted octanol–water partition coefficient (Wildman–Crippen LogP) is 2.62. The standard InChI is InChI=1S/C18H31N3/c1-18(2,3)15-8-6-14(7-9-15)17(12-19)21-11-10-16(13-21)20(4)5/h6-9,16-17H,10-13,19H2,1-5H3. The molecule has 0 aliphatic carbocycles. The van der Waals surface area contributed by atoms with E-state index in [1.807, 2.05) is 0 Å². The van der Waals surface area contributed by atoms with Gasteiger partial charge in [0.25, 0.3) is 0 Å². The minimum Gasteiger partial charge on any atom is -0.329 e. The van der Waals surface area contributed by atoms with E-state index in [9.17, 15) is 0 Å². The molecule has 1 fully saturated rings. The highest BCUT2D eigenvalue weighted by Crippen LogP contribution is 2.28. The van der Waals surface area contributed by atoms with Gasteiger partial charge < -0.3 is 10.6 Å². The van der Waals surface area contributed by atoms with Gasteiger partial charge >= 0.3 is 0 Å². The van der Waals surface area contributed by atoms with Gasteiger partial charge in [0.1, 0.15) is 0 Å². The molecule has 1 saturated heterocycles. The lowest BCUT2D eigenvalue weighted by molar-refractivity contribution is 0.220. The van der Waals surface area contributed by atoms with Gasteiger partial charge in [-0.05, 0) is 37.1 Å². The van der Waals surface area contributed by atoms with Crippen molar-refractivity contribution >= 4 is 0 Å². The number of nitrogens with two attached hydrogens (primary N) is 1. The molecule has 2 unspecified atom stereocenters. The van der Waals surface area contributed by atoms with E-state index in [2.05, 4.69) is 68.9 Å². The fourth-order valence-corrected chi connectivity index (χ4v) is 3.17. The van der Waals surface area contributed by atoms with Crippen molar-refractivity contribution in [3.8, 4) is 0 Å². The summed E-state index contributed by atoms with van der Waals surface area (Å²) in [5.74, 6) is 0. The van der Waals surface area contributed by atoms with Crippen LogP contribution >= 0.6 is 0 Å². The van der Waals surface area contributed by atoms with Gasteiger partial charge in [0, 0.05) is 31.7 Å². The number of likely N-dealkylation sites (N-methyl/N-ethyl adjacent to an activating group) is 1. The van der Waals surface area contributed by atoms with E-state index in [0.29, 0.717) is 18.6 Å². The lowest BCUT2D eigenvalue weighted by Gasteiger charge is -2.29. The van der Waals surface area contributed by atoms with Gasteiger partial charge in [0.15, 0.2) is 0 Å². The Kier molecular flexibility index (Phi) is 5.07. The van der Waals surface area contributed by atoms with Crippen LogP contribution in [0.5, 0.6) is 0 Å². The van der Waals surface area contributed by atoms with Crippen molar-refractivity contribution in [2.24, 2.45) is 5.73 Å². The third kappa shape index (κ3) is 3.85. The Morgan fingerprint density at radius 3 is 2.29 bits per heavy atom. The molecule has 1 heterocycles. The summed E-state index contributed by atoms with van der Waals surface area (Å²) in [4.78, 5) is 4.87. The predicted molar refractivity (Wildman–Crippen MR) is 90.6 cm³/mol. The maximum Gasteiger partial charge on any atom is 0.0471 e. The van der Waals surface area contributed by atoms with Gasteiger partial charge in [-0.15, -0.1) is 0 Å². The fourth-order valence-electron chi connectivity index (χ4n) is 3.17. The molecule has 0 aromatic heterocycles. The minimum atomic E-state index is 0.209. The summed E-state index contributed by atoms with van der Waals surface area (Å²) in [5.41, 5.74) is 9.02. The summed E-state index contributed by atoms with van der Waals surface area (Å²) in [6, 6.07) is 10.1. The van der Waals surface area contributed by atoms with Gasteiger partial charge in [-0.2, -0.15) is 0 Å². The highest BCUT2D eigenvalue weighted by molar-refractivity contribution is 5.29. The Morgan fingerprint density at radius 2 is 1.86 bits per heavy atom. The van der Waals surface area contributed by atoms with Gasteiger partial charge in [-0.1, -0.05) is 45.0 Å². The molecule has 2 N–H and O–H groups in total. The minimum absolute atomic E-state index is 0.209. The third-order valence-corrected chi connectivity index (χ3v) is 4.75. The van der Waals surface area contributed by atoms with Crippen molar-refractivity contribution in [1.29, 1.82) is 0 Å². The smallest absolute Gasteiger partial charge is 0.0471 e. The highest BCUT2D eigenvalue weighted by Gasteiger charge is 2.29. The van der Waals surface area contributed by atoms with E-state index in [4.69, 9.17) is 5.73 Å². The maximum absolute atomic E-state index is 6.07. The molecule has 0 amide bonds. The molecule has 1 aliphatic heterocycles. The Bertz CT molecular complexity index is 445. The maximum atomic E-state index is 6.07. The zero-order valence-corrected chi connectivity index (χ0v) is 14.3. The molecule has 1 aromatic carbocycles. The van der Waals surface area contributed by atoms with E-state index < -0.39 is 0 Å². The van der Waals surface area contributed by atoms with Crippen LogP contribution in [0, 0.1) is 0 Å². The molecule has 3 nitrogen and oxygen atoms in total. The van der Waals surface area contributed by atoms with Crippen LogP contribution in [0.15, 0.2) is 24.3 Å². The van der Waals surface area contributed by atoms with Crippen molar-refractivity contribution in [1.82, 2.24) is 9.80 Å². The lowest BCUT2D eigenvalue weighted by Crippen LogP contribution is -2.36. The number of nitrogens with zero attached hydrogens (tertiary/aromatic N) is 2. The van der Waals surface area contributed by atoms with Crippen molar-refractivity contribution < 1.29 is 0 Å². The van der Waals surface area contributed by atoms with Gasteiger partial charge in [0.2, 0.25) is 0 Å². The molecule has 0 bridgehead atoms. The van der Waals surface area contributed by atoms with Crippen molar-refractivity contribution in [3.05, 3.63) is 35.4 Å². The zero-order chi connectivity index (χ0) is 15.6. The summed E-state index contributed by atoms with van der Waals surface area (Å²) in [5, 5.41) is 0. The molecule has 0 spiro atoms. The van der Waals surface area contributed by atoms with Gasteiger partial charge in [-0.25, -0.2) is 0 Å². The summed E-state index contributed by atoms with van der Waals surface area (Å²) in [6.07, 6.45) is 1.24. The molecule has 2 atom stereocenters. The largest absolute Gasteiger partial charge is 0.329 e. The van der Waals surface area contributed by atoms with Crippen LogP contribution in [0.4, 0.5) is 0 Å². The van der Waals surface area contributed by atoms with Crippen LogP contribution in [-0.2, 0) is 5.41 Å². The molecule has 0 saturated carbocycles. The SMILES string of the molecule is CN(C)C1CCN(C(CN)c2ccc(C(C)(C)C)cc2)C1. The molecule has 1 aliphatic rings. The van der Waals surface area contributed by atoms with E-state index in [1.54, 1.807) is 0 Å². The van der Waals surface area contributed by atoms with Crippen LogP contribution in [0.1, 0.15) is 44.4 Å². The highest BCUT2D eigenvalue weighted by atomic mass is 15.2. The Labute approximate surface area is 130 Å². The molecular weight excluding hydrogens is 258 g/mol. The first-order chi connectivity index (χ1) is 9.82. The number of hydrogen-bond donors (Lipinski definition) is 1. The van der Waals surface area contributed by atoms with E-state index >= 15 is 0 Å². The Hall–Kier alpha value is -0.900. The number of rotatable bonds is 4. The van der Waals surface area contributed by atoms with E-state index in [0.717, 1.165) is 13.1 Å². The average Bonchev–Trinajstić information content (AvgIpc) is 2.89. The fraction of sp³-hybridized carbons (Fsp3) is 0.667. The molecule has 3 heteroatoms. The van der Waals surface area contributed by atoms with Crippen molar-refractivity contribution in [2.45, 2.75) is 44.7 Å². The van der Waals surface area contributed by atoms with Crippen molar-refractivity contribution in [3.63, 3.8) is 0 Å². The second-order valence-electron chi connectivity index (χ2n) is 7.52. The number of benzene rings is 1. The molecule has 1 aromatic rings. The van der Waals surface area contributed by atoms with Crippen LogP contribution in [0.3, 0.4) is 0 Å². The van der Waals surface area contributed by atoms with E-state index in [-0.39, 0.29) is 5.41 Å². The van der Waals surface area contributed by atoms with Crippen LogP contribution in [0.25, 0.3) is 0 Å². The first kappa shape index (κ1) is 16.5. The molecule has 118 valence electrons. The zero-order valence-electron chi connectivity index (χ0n) is 14.3. The van der Waals surface area contributed by atoms with Gasteiger partial charge in [0.05, 0.1) is 0 Å². The first-order valence-electron chi connectivity index (χ1n) is 8.04. The van der Waals surface area contributed by atoms with Gasteiger partial charge in [-0.3, -0.25) is 4.90 Å². The first-order valence-corrected chi connectivity index (χ1v) is 8.04. The van der Waals surface area contributed by atoms with Crippen molar-refractivity contribution in [2.75, 3.05) is 33.7 Å². The summed E-state index contributed by atoms with van der Waals surface area (Å²) >= 11 is 0. The second-order valence-corrected chi connectivity index (χ2v) is 7.52. The second kappa shape index (κ2) is 6.47. The molecule has 2 rings (SSSR count). The number of hydrogen-bond acceptors (Lipinski definition) is 3. The van der Waals surface area contributed by atoms with Crippen LogP contribution in [-0.4, -0.2) is 49.6 Å². The van der Waals surface area contributed by atoms with Crippen LogP contribution < -0.4 is 5.73 Å². The quantitative estimate of drug-likeness (QED) is 0.925. The normalized spacial score (nSPS) is 22.0. The van der Waals surface area contributed by atoms with Crippen LogP contribution in [0.2, 0.25) is 0 Å². The summed E-state index contributed by atoms with van der Waals surface area (Å²) in [7, 11) is 4.34. The summed E-state index contributed by atoms with van der Waals surface area (Å²) in [6.45, 7) is 9.72. The Balaban J connectivity index is 2.11. The summed E-state index contributed by atoms with van der Waals surface area (Å²) < 4.78 is 0. The van der Waals surface area contributed by atoms with E-state index in [1.165, 1.54) is 17.5 Å². The third-order valence-electron chi connectivity index (χ3n) is 4.75. The number of likely N-dealkylation sites (tertiary alicyclic amines) is 1. The lowest BCUT2D eigenvalue weighted by atomic mass is 9.86. The monoisotopic (exact) mass is 289 g/mol.